The number of hydrogen-bond acceptors (Lipinski definition) is 3. The highest BCUT2D eigenvalue weighted by Gasteiger charge is 2.43. The predicted octanol–water partition coefficient (Wildman–Crippen LogP) is 3.22. The minimum absolute atomic E-state index is 0.640. The number of piperidine rings is 1. The van der Waals surface area contributed by atoms with Crippen molar-refractivity contribution in [2.24, 2.45) is 0 Å². The molecule has 5 heteroatoms. The van der Waals surface area contributed by atoms with Gasteiger partial charge in [-0.25, -0.2) is 0 Å². The average molecular weight is 341 g/mol. The molecule has 1 aromatic carbocycles. The molecule has 1 saturated heterocycles. The molecule has 0 bridgehead atoms. The van der Waals surface area contributed by atoms with E-state index in [0.717, 1.165) is 49.4 Å². The molecule has 134 valence electrons. The van der Waals surface area contributed by atoms with E-state index in [1.54, 1.807) is 0 Å². The van der Waals surface area contributed by atoms with Crippen LogP contribution in [-0.2, 0) is 23.3 Å². The van der Waals surface area contributed by atoms with Gasteiger partial charge in [0.25, 0.3) is 0 Å². The molecule has 0 radical (unpaired) electrons. The van der Waals surface area contributed by atoms with Crippen LogP contribution in [0, 0.1) is 6.92 Å². The number of nitrogens with zero attached hydrogens (tertiary/aromatic N) is 3. The summed E-state index contributed by atoms with van der Waals surface area (Å²) in [6.45, 7) is 7.45. The number of likely N-dealkylation sites (tertiary alicyclic amines) is 1. The van der Waals surface area contributed by atoms with E-state index in [9.17, 15) is 9.90 Å². The van der Waals surface area contributed by atoms with Crippen molar-refractivity contribution in [3.05, 3.63) is 53.3 Å². The number of hydrogen-bond donors (Lipinski definition) is 1. The first-order valence-corrected chi connectivity index (χ1v) is 9.09. The van der Waals surface area contributed by atoms with Crippen LogP contribution in [0.1, 0.15) is 43.0 Å². The van der Waals surface area contributed by atoms with Gasteiger partial charge in [-0.3, -0.25) is 14.4 Å². The van der Waals surface area contributed by atoms with E-state index < -0.39 is 11.4 Å². The monoisotopic (exact) mass is 341 g/mol. The predicted molar refractivity (Wildman–Crippen MR) is 97.5 cm³/mol. The summed E-state index contributed by atoms with van der Waals surface area (Å²) in [6.07, 6.45) is 4.38. The lowest BCUT2D eigenvalue weighted by Gasteiger charge is -2.39. The van der Waals surface area contributed by atoms with E-state index in [-0.39, 0.29) is 0 Å². The molecule has 2 aromatic rings. The van der Waals surface area contributed by atoms with E-state index in [0.29, 0.717) is 12.8 Å². The molecule has 0 amide bonds. The summed E-state index contributed by atoms with van der Waals surface area (Å²) in [5, 5.41) is 14.5. The second kappa shape index (κ2) is 7.40. The standard InChI is InChI=1S/C20H27N3O2/c1-3-10-23-11-7-18(21-23)15-22-12-8-20(9-13-22,19(24)25)17-6-4-5-16(2)14-17/h4-7,11,14H,3,8-10,12-13,15H2,1-2H3,(H,24,25). The second-order valence-corrected chi connectivity index (χ2v) is 7.10. The maximum Gasteiger partial charge on any atom is 0.314 e. The Balaban J connectivity index is 1.68. The summed E-state index contributed by atoms with van der Waals surface area (Å²) in [5.74, 6) is -0.704. The van der Waals surface area contributed by atoms with Gasteiger partial charge in [0, 0.05) is 19.3 Å². The summed E-state index contributed by atoms with van der Waals surface area (Å²) >= 11 is 0. The zero-order chi connectivity index (χ0) is 17.9. The lowest BCUT2D eigenvalue weighted by molar-refractivity contribution is -0.146. The van der Waals surface area contributed by atoms with E-state index in [2.05, 4.69) is 23.0 Å². The SMILES string of the molecule is CCCn1ccc(CN2CCC(C(=O)O)(c3cccc(C)c3)CC2)n1. The van der Waals surface area contributed by atoms with Gasteiger partial charge < -0.3 is 5.11 Å². The quantitative estimate of drug-likeness (QED) is 0.876. The van der Waals surface area contributed by atoms with Gasteiger partial charge in [-0.2, -0.15) is 5.10 Å². The summed E-state index contributed by atoms with van der Waals surface area (Å²) in [6, 6.07) is 10.0. The molecule has 1 aromatic heterocycles. The van der Waals surface area contributed by atoms with Crippen LogP contribution in [0.4, 0.5) is 0 Å². The van der Waals surface area contributed by atoms with Gasteiger partial charge in [0.1, 0.15) is 0 Å². The first kappa shape index (κ1) is 17.7. The summed E-state index contributed by atoms with van der Waals surface area (Å²) in [5.41, 5.74) is 2.35. The van der Waals surface area contributed by atoms with E-state index in [4.69, 9.17) is 0 Å². The summed E-state index contributed by atoms with van der Waals surface area (Å²) in [7, 11) is 0. The maximum absolute atomic E-state index is 12.1. The molecule has 0 aliphatic carbocycles. The summed E-state index contributed by atoms with van der Waals surface area (Å²) in [4.78, 5) is 14.4. The Kier molecular flexibility index (Phi) is 5.23. The van der Waals surface area contributed by atoms with Crippen molar-refractivity contribution in [3.63, 3.8) is 0 Å². The van der Waals surface area contributed by atoms with Gasteiger partial charge in [-0.1, -0.05) is 36.8 Å². The molecule has 2 heterocycles. The zero-order valence-corrected chi connectivity index (χ0v) is 15.1. The Morgan fingerprint density at radius 3 is 2.68 bits per heavy atom. The average Bonchev–Trinajstić information content (AvgIpc) is 3.03. The van der Waals surface area contributed by atoms with Crippen LogP contribution in [0.5, 0.6) is 0 Å². The molecule has 0 saturated carbocycles. The normalized spacial score (nSPS) is 17.5. The summed E-state index contributed by atoms with van der Waals surface area (Å²) < 4.78 is 1.98. The van der Waals surface area contributed by atoms with Gasteiger partial charge in [-0.15, -0.1) is 0 Å². The van der Waals surface area contributed by atoms with Crippen LogP contribution in [0.15, 0.2) is 36.5 Å². The third kappa shape index (κ3) is 3.76. The fourth-order valence-corrected chi connectivity index (χ4v) is 3.73. The van der Waals surface area contributed by atoms with Gasteiger partial charge >= 0.3 is 5.97 Å². The van der Waals surface area contributed by atoms with Crippen molar-refractivity contribution in [3.8, 4) is 0 Å². The zero-order valence-electron chi connectivity index (χ0n) is 15.1. The minimum atomic E-state index is -0.760. The highest BCUT2D eigenvalue weighted by Crippen LogP contribution is 2.36. The molecule has 5 nitrogen and oxygen atoms in total. The van der Waals surface area contributed by atoms with Crippen LogP contribution in [-0.4, -0.2) is 38.8 Å². The molecule has 1 N–H and O–H groups in total. The highest BCUT2D eigenvalue weighted by atomic mass is 16.4. The highest BCUT2D eigenvalue weighted by molar-refractivity contribution is 5.81. The topological polar surface area (TPSA) is 58.4 Å². The molecule has 1 aliphatic heterocycles. The first-order chi connectivity index (χ1) is 12.0. The van der Waals surface area contributed by atoms with E-state index in [1.807, 2.05) is 42.1 Å². The smallest absolute Gasteiger partial charge is 0.314 e. The van der Waals surface area contributed by atoms with Gasteiger partial charge in [-0.05, 0) is 50.9 Å². The molecule has 25 heavy (non-hydrogen) atoms. The number of benzene rings is 1. The lowest BCUT2D eigenvalue weighted by atomic mass is 9.72. The van der Waals surface area contributed by atoms with Crippen molar-refractivity contribution >= 4 is 5.97 Å². The molecule has 0 atom stereocenters. The molecule has 1 fully saturated rings. The third-order valence-electron chi connectivity index (χ3n) is 5.22. The van der Waals surface area contributed by atoms with Crippen LogP contribution < -0.4 is 0 Å². The second-order valence-electron chi connectivity index (χ2n) is 7.10. The van der Waals surface area contributed by atoms with E-state index in [1.165, 1.54) is 0 Å². The Hall–Kier alpha value is -2.14. The molecular weight excluding hydrogens is 314 g/mol. The number of carboxylic acids is 1. The van der Waals surface area contributed by atoms with Gasteiger partial charge in [0.15, 0.2) is 0 Å². The number of carbonyl (C=O) groups is 1. The van der Waals surface area contributed by atoms with Gasteiger partial charge in [0.2, 0.25) is 0 Å². The Morgan fingerprint density at radius 2 is 2.04 bits per heavy atom. The Labute approximate surface area is 149 Å². The number of aryl methyl sites for hydroxylation is 2. The van der Waals surface area contributed by atoms with Gasteiger partial charge in [0.05, 0.1) is 11.1 Å². The Morgan fingerprint density at radius 1 is 1.28 bits per heavy atom. The fourth-order valence-electron chi connectivity index (χ4n) is 3.73. The number of aliphatic carboxylic acids is 1. The van der Waals surface area contributed by atoms with Crippen LogP contribution >= 0.6 is 0 Å². The first-order valence-electron chi connectivity index (χ1n) is 9.09. The number of aromatic nitrogens is 2. The molecule has 1 aliphatic rings. The van der Waals surface area contributed by atoms with Crippen molar-refractivity contribution in [2.75, 3.05) is 13.1 Å². The molecule has 0 unspecified atom stereocenters. The molecule has 3 rings (SSSR count). The largest absolute Gasteiger partial charge is 0.481 e. The number of carboxylic acid groups (broad SMARTS) is 1. The van der Waals surface area contributed by atoms with Crippen LogP contribution in [0.3, 0.4) is 0 Å². The van der Waals surface area contributed by atoms with Crippen molar-refractivity contribution < 1.29 is 9.90 Å². The Bertz CT molecular complexity index is 730. The maximum atomic E-state index is 12.1. The third-order valence-corrected chi connectivity index (χ3v) is 5.22. The van der Waals surface area contributed by atoms with E-state index >= 15 is 0 Å². The van der Waals surface area contributed by atoms with Crippen molar-refractivity contribution in [2.45, 2.75) is 51.6 Å². The van der Waals surface area contributed by atoms with Crippen molar-refractivity contribution in [1.82, 2.24) is 14.7 Å². The number of rotatable bonds is 6. The molecule has 0 spiro atoms. The molecular formula is C20H27N3O2. The van der Waals surface area contributed by atoms with Crippen LogP contribution in [0.25, 0.3) is 0 Å². The fraction of sp³-hybridized carbons (Fsp3) is 0.500. The van der Waals surface area contributed by atoms with Crippen LogP contribution in [0.2, 0.25) is 0 Å². The lowest BCUT2D eigenvalue weighted by Crippen LogP contribution is -2.47. The minimum Gasteiger partial charge on any atom is -0.481 e. The van der Waals surface area contributed by atoms with Crippen molar-refractivity contribution in [1.29, 1.82) is 0 Å².